The lowest BCUT2D eigenvalue weighted by molar-refractivity contribution is 0.0342. The van der Waals surface area contributed by atoms with E-state index < -0.39 is 0 Å². The molecule has 0 atom stereocenters. The largest absolute Gasteiger partial charge is 0.481 e. The van der Waals surface area contributed by atoms with Crippen LogP contribution in [0.3, 0.4) is 0 Å². The molecule has 0 radical (unpaired) electrons. The first kappa shape index (κ1) is 16.6. The van der Waals surface area contributed by atoms with E-state index in [0.29, 0.717) is 6.61 Å². The van der Waals surface area contributed by atoms with Gasteiger partial charge in [-0.2, -0.15) is 0 Å². The van der Waals surface area contributed by atoms with Crippen LogP contribution in [0.4, 0.5) is 0 Å². The van der Waals surface area contributed by atoms with E-state index in [1.165, 1.54) is 5.56 Å². The van der Waals surface area contributed by atoms with Gasteiger partial charge in [0.15, 0.2) is 0 Å². The zero-order chi connectivity index (χ0) is 14.6. The van der Waals surface area contributed by atoms with E-state index in [-0.39, 0.29) is 0 Å². The van der Waals surface area contributed by atoms with Crippen LogP contribution in [0.25, 0.3) is 0 Å². The van der Waals surface area contributed by atoms with Gasteiger partial charge >= 0.3 is 0 Å². The second-order valence-electron chi connectivity index (χ2n) is 4.25. The van der Waals surface area contributed by atoms with Crippen molar-refractivity contribution in [3.63, 3.8) is 0 Å². The van der Waals surface area contributed by atoms with Crippen molar-refractivity contribution >= 4 is 0 Å². The van der Waals surface area contributed by atoms with Crippen LogP contribution in [0.5, 0.6) is 5.75 Å². The molecule has 110 valence electrons. The predicted molar refractivity (Wildman–Crippen MR) is 82.8 cm³/mol. The van der Waals surface area contributed by atoms with Crippen molar-refractivity contribution in [1.82, 2.24) is 4.90 Å². The fourth-order valence-electron chi connectivity index (χ4n) is 1.90. The normalized spacial score (nSPS) is 14.6. The molecule has 0 amide bonds. The van der Waals surface area contributed by atoms with Gasteiger partial charge < -0.3 is 9.47 Å². The second-order valence-corrected chi connectivity index (χ2v) is 4.25. The summed E-state index contributed by atoms with van der Waals surface area (Å²) in [5.41, 5.74) is 1.31. The molecule has 1 aliphatic rings. The van der Waals surface area contributed by atoms with E-state index in [1.807, 2.05) is 32.9 Å². The molecule has 3 heteroatoms. The highest BCUT2D eigenvalue weighted by molar-refractivity contribution is 5.27. The van der Waals surface area contributed by atoms with E-state index in [9.17, 15) is 0 Å². The fraction of sp³-hybridized carbons (Fsp3) is 0.529. The molecule has 0 aliphatic carbocycles. The summed E-state index contributed by atoms with van der Waals surface area (Å²) >= 11 is 0. The number of benzene rings is 1. The summed E-state index contributed by atoms with van der Waals surface area (Å²) in [6.07, 6.45) is 0. The van der Waals surface area contributed by atoms with Crippen LogP contribution in [0.1, 0.15) is 26.3 Å². The third kappa shape index (κ3) is 6.10. The minimum Gasteiger partial charge on any atom is -0.481 e. The molecule has 0 spiro atoms. The predicted octanol–water partition coefficient (Wildman–Crippen LogP) is 2.95. The number of rotatable bonds is 4. The number of morpholine rings is 1. The Labute approximate surface area is 122 Å². The maximum atomic E-state index is 5.48. The van der Waals surface area contributed by atoms with E-state index in [1.54, 1.807) is 0 Å². The second kappa shape index (κ2) is 10.3. The molecule has 1 aliphatic heterocycles. The number of nitrogens with zero attached hydrogens (tertiary/aromatic N) is 1. The van der Waals surface area contributed by atoms with E-state index >= 15 is 0 Å². The summed E-state index contributed by atoms with van der Waals surface area (Å²) < 4.78 is 10.8. The van der Waals surface area contributed by atoms with Gasteiger partial charge in [-0.25, -0.2) is 0 Å². The number of ether oxygens (including phenoxy) is 2. The fourth-order valence-corrected chi connectivity index (χ4v) is 1.90. The van der Waals surface area contributed by atoms with Crippen LogP contribution in [-0.4, -0.2) is 37.8 Å². The van der Waals surface area contributed by atoms with Gasteiger partial charge in [0.25, 0.3) is 0 Å². The van der Waals surface area contributed by atoms with Crippen LogP contribution in [0.2, 0.25) is 0 Å². The van der Waals surface area contributed by atoms with Gasteiger partial charge in [0.05, 0.1) is 13.2 Å². The highest BCUT2D eigenvalue weighted by Crippen LogP contribution is 2.14. The smallest absolute Gasteiger partial charge is 0.149 e. The topological polar surface area (TPSA) is 21.7 Å². The maximum Gasteiger partial charge on any atom is 0.149 e. The molecule has 3 nitrogen and oxygen atoms in total. The molecule has 0 saturated carbocycles. The Morgan fingerprint density at radius 3 is 2.40 bits per heavy atom. The van der Waals surface area contributed by atoms with Crippen molar-refractivity contribution in [3.8, 4) is 17.6 Å². The average molecular weight is 275 g/mol. The average Bonchev–Trinajstić information content (AvgIpc) is 2.52. The Kier molecular flexibility index (Phi) is 8.53. The van der Waals surface area contributed by atoms with Crippen LogP contribution < -0.4 is 4.74 Å². The Hall–Kier alpha value is -1.50. The molecular formula is C17H25NO2. The molecule has 1 aromatic carbocycles. The minimum atomic E-state index is 0.458. The van der Waals surface area contributed by atoms with Crippen molar-refractivity contribution in [2.45, 2.75) is 27.3 Å². The summed E-state index contributed by atoms with van der Waals surface area (Å²) in [5, 5.41) is 0. The summed E-state index contributed by atoms with van der Waals surface area (Å²) in [7, 11) is 0. The molecule has 1 aromatic rings. The lowest BCUT2D eigenvalue weighted by atomic mass is 10.2. The Bertz CT molecular complexity index is 411. The quantitative estimate of drug-likeness (QED) is 0.789. The number of hydrogen-bond donors (Lipinski definition) is 0. The first-order chi connectivity index (χ1) is 9.88. The van der Waals surface area contributed by atoms with Gasteiger partial charge in [0.2, 0.25) is 0 Å². The van der Waals surface area contributed by atoms with Crippen LogP contribution in [0.15, 0.2) is 24.3 Å². The van der Waals surface area contributed by atoms with Crippen molar-refractivity contribution < 1.29 is 9.47 Å². The molecule has 1 fully saturated rings. The molecule has 0 N–H and O–H groups in total. The molecule has 1 saturated heterocycles. The van der Waals surface area contributed by atoms with Crippen LogP contribution in [-0.2, 0) is 11.3 Å². The number of hydrogen-bond acceptors (Lipinski definition) is 3. The Balaban J connectivity index is 0.000000956. The van der Waals surface area contributed by atoms with Crippen molar-refractivity contribution in [3.05, 3.63) is 29.8 Å². The summed E-state index contributed by atoms with van der Waals surface area (Å²) in [6.45, 7) is 11.0. The van der Waals surface area contributed by atoms with Crippen LogP contribution in [0, 0.1) is 11.8 Å². The van der Waals surface area contributed by atoms with Gasteiger partial charge in [-0.3, -0.25) is 4.90 Å². The van der Waals surface area contributed by atoms with Crippen LogP contribution >= 0.6 is 0 Å². The molecule has 0 aromatic heterocycles. The van der Waals surface area contributed by atoms with Gasteiger partial charge in [-0.05, 0) is 24.6 Å². The summed E-state index contributed by atoms with van der Waals surface area (Å²) in [4.78, 5) is 2.40. The Morgan fingerprint density at radius 2 is 1.80 bits per heavy atom. The first-order valence-electron chi connectivity index (χ1n) is 7.30. The highest BCUT2D eigenvalue weighted by Gasteiger charge is 2.10. The van der Waals surface area contributed by atoms with Crippen molar-refractivity contribution in [2.24, 2.45) is 0 Å². The molecule has 20 heavy (non-hydrogen) atoms. The lowest BCUT2D eigenvalue weighted by Gasteiger charge is -2.26. The van der Waals surface area contributed by atoms with Crippen molar-refractivity contribution in [1.29, 1.82) is 0 Å². The lowest BCUT2D eigenvalue weighted by Crippen LogP contribution is -2.35. The molecule has 1 heterocycles. The minimum absolute atomic E-state index is 0.458. The van der Waals surface area contributed by atoms with E-state index in [0.717, 1.165) is 38.6 Å². The zero-order valence-corrected chi connectivity index (χ0v) is 12.8. The third-order valence-corrected chi connectivity index (χ3v) is 2.92. The third-order valence-electron chi connectivity index (χ3n) is 2.92. The first-order valence-corrected chi connectivity index (χ1v) is 7.30. The summed E-state index contributed by atoms with van der Waals surface area (Å²) in [5.74, 6) is 6.57. The highest BCUT2D eigenvalue weighted by atomic mass is 16.5. The van der Waals surface area contributed by atoms with E-state index in [2.05, 4.69) is 28.9 Å². The van der Waals surface area contributed by atoms with Gasteiger partial charge in [0, 0.05) is 19.6 Å². The molecular weight excluding hydrogens is 250 g/mol. The molecule has 0 bridgehead atoms. The van der Waals surface area contributed by atoms with Gasteiger partial charge in [-0.1, -0.05) is 31.9 Å². The Morgan fingerprint density at radius 1 is 1.15 bits per heavy atom. The maximum absolute atomic E-state index is 5.48. The van der Waals surface area contributed by atoms with Crippen molar-refractivity contribution in [2.75, 3.05) is 32.9 Å². The monoisotopic (exact) mass is 275 g/mol. The summed E-state index contributed by atoms with van der Waals surface area (Å²) in [6, 6.07) is 8.24. The standard InChI is InChI=1S/C15H19NO2.C2H6/c1-2-3-10-18-15-6-4-14(5-7-15)13-16-8-11-17-12-9-16;1-2/h4-7H,8-13H2,1H3;1-2H3. The molecule has 0 unspecified atom stereocenters. The zero-order valence-electron chi connectivity index (χ0n) is 12.8. The SMILES string of the molecule is CC.CC#CCOc1ccc(CN2CCOCC2)cc1. The van der Waals surface area contributed by atoms with Gasteiger partial charge in [-0.15, -0.1) is 5.92 Å². The van der Waals surface area contributed by atoms with Gasteiger partial charge in [0.1, 0.15) is 12.4 Å². The van der Waals surface area contributed by atoms with E-state index in [4.69, 9.17) is 9.47 Å². The molecule has 2 rings (SSSR count).